The van der Waals surface area contributed by atoms with Crippen molar-refractivity contribution in [2.45, 2.75) is 18.9 Å². The third-order valence-corrected chi connectivity index (χ3v) is 3.69. The molecule has 0 aliphatic carbocycles. The van der Waals surface area contributed by atoms with Crippen LogP contribution < -0.4 is 27.8 Å². The van der Waals surface area contributed by atoms with Gasteiger partial charge in [-0.1, -0.05) is 30.3 Å². The van der Waals surface area contributed by atoms with Crippen molar-refractivity contribution in [3.05, 3.63) is 42.1 Å². The van der Waals surface area contributed by atoms with Gasteiger partial charge in [-0.3, -0.25) is 19.1 Å². The van der Waals surface area contributed by atoms with Gasteiger partial charge >= 0.3 is 0 Å². The maximum absolute atomic E-state index is 12.2. The second kappa shape index (κ2) is 13.9. The van der Waals surface area contributed by atoms with Crippen LogP contribution in [0.15, 0.2) is 36.4 Å². The molecule has 0 spiro atoms. The fourth-order valence-electron chi connectivity index (χ4n) is 2.42. The predicted octanol–water partition coefficient (Wildman–Crippen LogP) is -1.11. The largest absolute Gasteiger partial charge is 0.370 e. The quantitative estimate of drug-likeness (QED) is 0.391. The molecule has 29 heavy (non-hydrogen) atoms. The summed E-state index contributed by atoms with van der Waals surface area (Å²) in [5.41, 5.74) is 16.5. The summed E-state index contributed by atoms with van der Waals surface area (Å²) in [6.07, 6.45) is -0.228. The third-order valence-electron chi connectivity index (χ3n) is 3.69. The summed E-state index contributed by atoms with van der Waals surface area (Å²) < 4.78 is 1.62. The van der Waals surface area contributed by atoms with Gasteiger partial charge < -0.3 is 27.8 Å². The molecule has 0 aliphatic heterocycles. The topological polar surface area (TPSA) is 171 Å². The van der Waals surface area contributed by atoms with Crippen LogP contribution in [-0.4, -0.2) is 54.7 Å². The molecular formula is C19H31N7O3. The van der Waals surface area contributed by atoms with Gasteiger partial charge in [-0.2, -0.15) is 5.10 Å². The Morgan fingerprint density at radius 3 is 2.21 bits per heavy atom. The number of primary amides is 1. The number of rotatable bonds is 7. The molecule has 1 aromatic heterocycles. The molecule has 8 N–H and O–H groups in total. The van der Waals surface area contributed by atoms with Gasteiger partial charge in [-0.15, -0.1) is 0 Å². The number of carbonyl (C=O) groups is 3. The van der Waals surface area contributed by atoms with Crippen LogP contribution >= 0.6 is 0 Å². The first-order chi connectivity index (χ1) is 13.9. The van der Waals surface area contributed by atoms with Crippen molar-refractivity contribution in [1.29, 1.82) is 0 Å². The number of nitrogens with two attached hydrogens (primary N) is 3. The summed E-state index contributed by atoms with van der Waals surface area (Å²) in [6.45, 7) is 0. The van der Waals surface area contributed by atoms with E-state index in [2.05, 4.69) is 27.2 Å². The Bertz CT molecular complexity index is 775. The summed E-state index contributed by atoms with van der Waals surface area (Å²) in [5.74, 6) is -1.53. The number of aryl methyl sites for hydroxylation is 1. The lowest BCUT2D eigenvalue weighted by Gasteiger charge is -2.15. The molecule has 0 aliphatic rings. The molecule has 2 rings (SSSR count). The number of aromatic nitrogens is 2. The van der Waals surface area contributed by atoms with Gasteiger partial charge in [0.05, 0.1) is 18.5 Å². The molecule has 2 aromatic rings. The Balaban J connectivity index is 0.00000184. The summed E-state index contributed by atoms with van der Waals surface area (Å²) in [4.78, 5) is 35.0. The van der Waals surface area contributed by atoms with Crippen LogP contribution in [0.3, 0.4) is 0 Å². The maximum atomic E-state index is 12.2. The average Bonchev–Trinajstić information content (AvgIpc) is 3.10. The van der Waals surface area contributed by atoms with Crippen molar-refractivity contribution in [2.75, 3.05) is 21.1 Å². The molecule has 1 aromatic carbocycles. The van der Waals surface area contributed by atoms with Gasteiger partial charge in [0.1, 0.15) is 6.04 Å². The Morgan fingerprint density at radius 1 is 1.10 bits per heavy atom. The lowest BCUT2D eigenvalue weighted by molar-refractivity contribution is -0.130. The molecule has 160 valence electrons. The number of nitrogens with zero attached hydrogens (tertiary/aromatic N) is 2. The minimum atomic E-state index is -0.989. The van der Waals surface area contributed by atoms with Crippen LogP contribution in [0, 0.1) is 0 Å². The third kappa shape index (κ3) is 8.54. The van der Waals surface area contributed by atoms with E-state index in [0.717, 1.165) is 11.3 Å². The van der Waals surface area contributed by atoms with Gasteiger partial charge in [-0.05, 0) is 20.2 Å². The van der Waals surface area contributed by atoms with Crippen molar-refractivity contribution in [3.8, 4) is 11.3 Å². The predicted molar refractivity (Wildman–Crippen MR) is 112 cm³/mol. The van der Waals surface area contributed by atoms with Gasteiger partial charge in [-0.25, -0.2) is 0 Å². The van der Waals surface area contributed by atoms with Crippen molar-refractivity contribution in [2.24, 2.45) is 24.2 Å². The van der Waals surface area contributed by atoms with E-state index in [1.165, 1.54) is 21.1 Å². The van der Waals surface area contributed by atoms with E-state index in [-0.39, 0.29) is 12.8 Å². The molecule has 0 radical (unpaired) electrons. The lowest BCUT2D eigenvalue weighted by atomic mass is 10.1. The van der Waals surface area contributed by atoms with E-state index in [1.807, 2.05) is 36.4 Å². The fourth-order valence-corrected chi connectivity index (χ4v) is 2.42. The smallest absolute Gasteiger partial charge is 0.242 e. The lowest BCUT2D eigenvalue weighted by Crippen LogP contribution is -2.48. The van der Waals surface area contributed by atoms with Crippen LogP contribution in [0.25, 0.3) is 11.3 Å². The van der Waals surface area contributed by atoms with Crippen molar-refractivity contribution in [3.63, 3.8) is 0 Å². The molecule has 0 bridgehead atoms. The van der Waals surface area contributed by atoms with E-state index >= 15 is 0 Å². The molecule has 0 unspecified atom stereocenters. The summed E-state index contributed by atoms with van der Waals surface area (Å²) in [7, 11) is 6.17. The minimum Gasteiger partial charge on any atom is -0.370 e. The zero-order valence-electron chi connectivity index (χ0n) is 17.3. The number of nitrogens with one attached hydrogen (secondary N) is 2. The van der Waals surface area contributed by atoms with Crippen LogP contribution in [0.2, 0.25) is 0 Å². The van der Waals surface area contributed by atoms with Crippen molar-refractivity contribution in [1.82, 2.24) is 20.4 Å². The summed E-state index contributed by atoms with van der Waals surface area (Å²) in [5, 5.41) is 9.32. The second-order valence-electron chi connectivity index (χ2n) is 5.59. The number of amides is 3. The van der Waals surface area contributed by atoms with Crippen LogP contribution in [0.1, 0.15) is 12.1 Å². The first-order valence-corrected chi connectivity index (χ1v) is 8.93. The van der Waals surface area contributed by atoms with E-state index in [1.54, 1.807) is 11.7 Å². The molecule has 3 amide bonds. The van der Waals surface area contributed by atoms with E-state index in [0.29, 0.717) is 5.69 Å². The van der Waals surface area contributed by atoms with E-state index in [4.69, 9.17) is 5.73 Å². The molecular weight excluding hydrogens is 374 g/mol. The number of benzene rings is 1. The van der Waals surface area contributed by atoms with E-state index < -0.39 is 23.8 Å². The average molecular weight is 406 g/mol. The number of hydrogen-bond donors (Lipinski definition) is 5. The van der Waals surface area contributed by atoms with Gasteiger partial charge in [0, 0.05) is 25.4 Å². The molecule has 10 heteroatoms. The highest BCUT2D eigenvalue weighted by Crippen LogP contribution is 2.18. The summed E-state index contributed by atoms with van der Waals surface area (Å²) in [6, 6.07) is 10.4. The van der Waals surface area contributed by atoms with Crippen molar-refractivity contribution >= 4 is 17.7 Å². The molecule has 10 nitrogen and oxygen atoms in total. The maximum Gasteiger partial charge on any atom is 0.242 e. The number of carbonyl (C=O) groups excluding carboxylic acids is 3. The van der Waals surface area contributed by atoms with E-state index in [9.17, 15) is 14.4 Å². The normalized spacial score (nSPS) is 10.4. The number of hydrogen-bond acceptors (Lipinski definition) is 6. The second-order valence-corrected chi connectivity index (χ2v) is 5.59. The van der Waals surface area contributed by atoms with Gasteiger partial charge in [0.2, 0.25) is 17.7 Å². The Labute approximate surface area is 170 Å². The summed E-state index contributed by atoms with van der Waals surface area (Å²) >= 11 is 0. The van der Waals surface area contributed by atoms with Crippen LogP contribution in [0.5, 0.6) is 0 Å². The highest BCUT2D eigenvalue weighted by Gasteiger charge is 2.22. The minimum absolute atomic E-state index is 0.0303. The Morgan fingerprint density at radius 2 is 1.69 bits per heavy atom. The molecule has 0 saturated carbocycles. The fraction of sp³-hybridized carbons (Fsp3) is 0.368. The molecule has 0 fully saturated rings. The van der Waals surface area contributed by atoms with Crippen LogP contribution in [0.4, 0.5) is 0 Å². The van der Waals surface area contributed by atoms with Gasteiger partial charge in [0.25, 0.3) is 0 Å². The van der Waals surface area contributed by atoms with Gasteiger partial charge in [0.15, 0.2) is 0 Å². The molecule has 1 heterocycles. The highest BCUT2D eigenvalue weighted by atomic mass is 16.2. The Kier molecular flexibility index (Phi) is 12.3. The SMILES string of the molecule is CN.CN.CNC(=O)[C@H](CC(N)=O)NC(=O)Cc1cc(-c2ccccc2)nn1C. The first kappa shape index (κ1) is 25.8. The van der Waals surface area contributed by atoms with Crippen LogP contribution in [-0.2, 0) is 27.9 Å². The molecule has 1 atom stereocenters. The first-order valence-electron chi connectivity index (χ1n) is 8.93. The standard InChI is InChI=1S/C17H21N5O3.2CH5N/c1-19-17(25)14(10-15(18)23)20-16(24)9-12-8-13(21-22(12)2)11-6-4-3-5-7-11;2*1-2/h3-8,14H,9-10H2,1-2H3,(H2,18,23)(H,19,25)(H,20,24);2*2H2,1H3/t14-;;/m0../s1. The Hall–Kier alpha value is -3.24. The zero-order chi connectivity index (χ0) is 22.4. The van der Waals surface area contributed by atoms with Crippen molar-refractivity contribution < 1.29 is 14.4 Å². The zero-order valence-corrected chi connectivity index (χ0v) is 17.3. The highest BCUT2D eigenvalue weighted by molar-refractivity contribution is 5.91. The monoisotopic (exact) mass is 405 g/mol. The number of likely N-dealkylation sites (N-methyl/N-ethyl adjacent to an activating group) is 1. The molecule has 0 saturated heterocycles.